The quantitative estimate of drug-likeness (QED) is 0.418. The number of allylic oxidation sites excluding steroid dienone is 5. The Kier molecular flexibility index (Phi) is 3.48. The monoisotopic (exact) mass is 283 g/mol. The van der Waals surface area contributed by atoms with E-state index < -0.39 is 0 Å². The van der Waals surface area contributed by atoms with Crippen LogP contribution in [0.2, 0.25) is 0 Å². The minimum Gasteiger partial charge on any atom is -0.464 e. The molecule has 0 aromatic heterocycles. The van der Waals surface area contributed by atoms with E-state index in [4.69, 9.17) is 18.0 Å². The molecule has 0 aromatic carbocycles. The third-order valence-electron chi connectivity index (χ3n) is 2.27. The average Bonchev–Trinajstić information content (AvgIpc) is 2.96. The van der Waals surface area contributed by atoms with Gasteiger partial charge in [-0.1, -0.05) is 6.08 Å². The van der Waals surface area contributed by atoms with Crippen molar-refractivity contribution in [3.05, 3.63) is 59.8 Å². The van der Waals surface area contributed by atoms with Crippen molar-refractivity contribution < 1.29 is 18.0 Å². The van der Waals surface area contributed by atoms with Crippen LogP contribution in [-0.4, -0.2) is 0 Å². The second-order valence-corrected chi connectivity index (χ2v) is 4.70. The first-order chi connectivity index (χ1) is 8.93. The number of hydrogen-bond donors (Lipinski definition) is 1. The molecule has 0 saturated heterocycles. The molecule has 0 spiro atoms. The number of rotatable bonds is 0. The van der Waals surface area contributed by atoms with Gasteiger partial charge in [0.15, 0.2) is 12.2 Å². The standard InChI is InChI=1S/C11H10NO4PS/c1-2-8-7-15-17-14-5-4-13-11-6-9(11)12-18-16-10(8)3-1/h1-5,7,12,17H,6H2. The smallest absolute Gasteiger partial charge is 0.274 e. The summed E-state index contributed by atoms with van der Waals surface area (Å²) in [5.41, 5.74) is 1.90. The van der Waals surface area contributed by atoms with Crippen LogP contribution in [0.5, 0.6) is 0 Å². The molecule has 0 aromatic rings. The number of fused-ring (bicyclic) bond motifs is 1. The molecule has 1 atom stereocenters. The van der Waals surface area contributed by atoms with Crippen LogP contribution in [0.1, 0.15) is 6.42 Å². The van der Waals surface area contributed by atoms with E-state index in [1.807, 2.05) is 18.2 Å². The van der Waals surface area contributed by atoms with Crippen molar-refractivity contribution in [3.8, 4) is 0 Å². The van der Waals surface area contributed by atoms with Gasteiger partial charge in [-0.3, -0.25) is 4.72 Å². The van der Waals surface area contributed by atoms with Crippen LogP contribution in [0.15, 0.2) is 59.8 Å². The van der Waals surface area contributed by atoms with E-state index in [9.17, 15) is 0 Å². The summed E-state index contributed by atoms with van der Waals surface area (Å²) in [4.78, 5) is 0. The Bertz CT molecular complexity index is 495. The molecule has 0 amide bonds. The highest BCUT2D eigenvalue weighted by Crippen LogP contribution is 2.33. The van der Waals surface area contributed by atoms with Gasteiger partial charge in [0.25, 0.3) is 9.03 Å². The fraction of sp³-hybridized carbons (Fsp3) is 0.0909. The number of nitrogens with one attached hydrogen (secondary N) is 1. The summed E-state index contributed by atoms with van der Waals surface area (Å²) in [5.74, 6) is 1.63. The summed E-state index contributed by atoms with van der Waals surface area (Å²) in [5, 5.41) is 0. The van der Waals surface area contributed by atoms with E-state index in [0.29, 0.717) is 0 Å². The summed E-state index contributed by atoms with van der Waals surface area (Å²) in [6.07, 6.45) is 11.1. The average molecular weight is 283 g/mol. The number of ether oxygens (including phenoxy) is 1. The van der Waals surface area contributed by atoms with Crippen molar-refractivity contribution in [2.45, 2.75) is 6.42 Å². The Hall–Kier alpha value is -1.52. The van der Waals surface area contributed by atoms with Crippen LogP contribution < -0.4 is 4.72 Å². The minimum absolute atomic E-state index is 0.113. The second-order valence-electron chi connectivity index (χ2n) is 3.52. The zero-order valence-corrected chi connectivity index (χ0v) is 11.0. The third-order valence-corrected chi connectivity index (χ3v) is 3.31. The van der Waals surface area contributed by atoms with E-state index in [1.165, 1.54) is 12.5 Å². The predicted octanol–water partition coefficient (Wildman–Crippen LogP) is 3.15. The van der Waals surface area contributed by atoms with Gasteiger partial charge in [-0.2, -0.15) is 0 Å². The zero-order chi connectivity index (χ0) is 12.2. The first kappa shape index (κ1) is 11.6. The Morgan fingerprint density at radius 3 is 3.28 bits per heavy atom. The molecule has 0 saturated carbocycles. The van der Waals surface area contributed by atoms with Gasteiger partial charge in [-0.25, -0.2) is 0 Å². The van der Waals surface area contributed by atoms with Crippen molar-refractivity contribution in [3.63, 3.8) is 0 Å². The summed E-state index contributed by atoms with van der Waals surface area (Å²) in [6, 6.07) is 0. The Morgan fingerprint density at radius 2 is 2.28 bits per heavy atom. The van der Waals surface area contributed by atoms with Gasteiger partial charge in [0.1, 0.15) is 30.3 Å². The fourth-order valence-corrected chi connectivity index (χ4v) is 2.22. The van der Waals surface area contributed by atoms with Crippen LogP contribution in [0.3, 0.4) is 0 Å². The second kappa shape index (κ2) is 5.42. The van der Waals surface area contributed by atoms with Gasteiger partial charge in [-0.15, -0.1) is 0 Å². The van der Waals surface area contributed by atoms with Crippen LogP contribution in [-0.2, 0) is 18.0 Å². The Morgan fingerprint density at radius 1 is 1.28 bits per heavy atom. The minimum atomic E-state index is -0.113. The molecule has 1 N–H and O–H groups in total. The van der Waals surface area contributed by atoms with Gasteiger partial charge in [0.05, 0.1) is 17.7 Å². The summed E-state index contributed by atoms with van der Waals surface area (Å²) >= 11 is 1.16. The highest BCUT2D eigenvalue weighted by Gasteiger charge is 2.24. The van der Waals surface area contributed by atoms with E-state index >= 15 is 0 Å². The molecule has 0 radical (unpaired) electrons. The third kappa shape index (κ3) is 2.83. The lowest BCUT2D eigenvalue weighted by atomic mass is 10.3. The van der Waals surface area contributed by atoms with Crippen LogP contribution in [0.25, 0.3) is 0 Å². The van der Waals surface area contributed by atoms with Crippen LogP contribution in [0, 0.1) is 0 Å². The largest absolute Gasteiger partial charge is 0.464 e. The molecule has 3 aliphatic rings. The fourth-order valence-electron chi connectivity index (χ4n) is 1.31. The molecule has 94 valence electrons. The van der Waals surface area contributed by atoms with Crippen LogP contribution >= 0.6 is 21.3 Å². The molecule has 0 bridgehead atoms. The molecule has 3 rings (SSSR count). The highest BCUT2D eigenvalue weighted by molar-refractivity contribution is 7.92. The molecule has 5 nitrogen and oxygen atoms in total. The van der Waals surface area contributed by atoms with Gasteiger partial charge >= 0.3 is 0 Å². The molecule has 1 unspecified atom stereocenters. The van der Waals surface area contributed by atoms with E-state index in [1.54, 1.807) is 6.26 Å². The Balaban J connectivity index is 1.66. The van der Waals surface area contributed by atoms with Gasteiger partial charge in [-0.05, 0) is 12.2 Å². The van der Waals surface area contributed by atoms with Gasteiger partial charge in [0, 0.05) is 0 Å². The van der Waals surface area contributed by atoms with Crippen molar-refractivity contribution in [2.24, 2.45) is 0 Å². The lowest BCUT2D eigenvalue weighted by molar-refractivity contribution is 0.345. The summed E-state index contributed by atoms with van der Waals surface area (Å²) in [6.45, 7) is 0. The molecule has 1 aliphatic heterocycles. The van der Waals surface area contributed by atoms with E-state index in [-0.39, 0.29) is 9.03 Å². The Labute approximate surface area is 110 Å². The number of hydrogen-bond acceptors (Lipinski definition) is 6. The first-order valence-electron chi connectivity index (χ1n) is 5.22. The molecule has 1 heterocycles. The maximum absolute atomic E-state index is 5.52. The summed E-state index contributed by atoms with van der Waals surface area (Å²) < 4.78 is 24.2. The lowest BCUT2D eigenvalue weighted by Crippen LogP contribution is -1.96. The molecule has 7 heteroatoms. The maximum atomic E-state index is 5.52. The van der Waals surface area contributed by atoms with E-state index in [2.05, 4.69) is 4.72 Å². The molecule has 18 heavy (non-hydrogen) atoms. The topological polar surface area (TPSA) is 49.0 Å². The molecule has 0 fully saturated rings. The molecule has 2 aliphatic carbocycles. The van der Waals surface area contributed by atoms with Gasteiger partial charge < -0.3 is 18.0 Å². The molecular formula is C11H10NO4PS. The maximum Gasteiger partial charge on any atom is 0.274 e. The highest BCUT2D eigenvalue weighted by atomic mass is 32.2. The SMILES string of the molecule is C1=CC2=COPOC=COC3=C(C3)NSOC2=C1. The molecular weight excluding hydrogens is 273 g/mol. The van der Waals surface area contributed by atoms with Crippen molar-refractivity contribution >= 4 is 21.3 Å². The van der Waals surface area contributed by atoms with Crippen molar-refractivity contribution in [1.29, 1.82) is 0 Å². The van der Waals surface area contributed by atoms with Crippen LogP contribution in [0.4, 0.5) is 0 Å². The predicted molar refractivity (Wildman–Crippen MR) is 69.5 cm³/mol. The normalized spacial score (nSPS) is 23.1. The zero-order valence-electron chi connectivity index (χ0n) is 9.21. The van der Waals surface area contributed by atoms with Crippen molar-refractivity contribution in [1.82, 2.24) is 4.72 Å². The first-order valence-corrected chi connectivity index (χ1v) is 6.78. The summed E-state index contributed by atoms with van der Waals surface area (Å²) in [7, 11) is -0.113. The van der Waals surface area contributed by atoms with Crippen molar-refractivity contribution in [2.75, 3.05) is 0 Å². The van der Waals surface area contributed by atoms with E-state index in [0.717, 1.165) is 41.4 Å². The van der Waals surface area contributed by atoms with Gasteiger partial charge in [0.2, 0.25) is 0 Å². The lowest BCUT2D eigenvalue weighted by Gasteiger charge is -2.06.